The second kappa shape index (κ2) is 11.0. The van der Waals surface area contributed by atoms with Gasteiger partial charge >= 0.3 is 23.9 Å². The van der Waals surface area contributed by atoms with Crippen LogP contribution in [0.5, 0.6) is 5.75 Å². The number of halogens is 2. The highest BCUT2D eigenvalue weighted by molar-refractivity contribution is 5.77. The van der Waals surface area contributed by atoms with E-state index in [1.165, 1.54) is 0 Å². The Morgan fingerprint density at radius 2 is 1.39 bits per heavy atom. The van der Waals surface area contributed by atoms with Gasteiger partial charge in [0.15, 0.2) is 35.7 Å². The number of carbonyl (C=O) groups is 4. The zero-order valence-corrected chi connectivity index (χ0v) is 18.0. The van der Waals surface area contributed by atoms with Gasteiger partial charge in [-0.05, 0) is 17.7 Å². The molecule has 0 unspecified atom stereocenters. The molecule has 5 atom stereocenters. The third kappa shape index (κ3) is 6.35. The van der Waals surface area contributed by atoms with Crippen molar-refractivity contribution in [3.05, 3.63) is 29.3 Å². The van der Waals surface area contributed by atoms with Gasteiger partial charge in [0.25, 0.3) is 0 Å². The number of esters is 4. The summed E-state index contributed by atoms with van der Waals surface area (Å²) in [4.78, 5) is 47.4. The number of aliphatic hydroxyl groups excluding tert-OH is 1. The zero-order valence-electron chi connectivity index (χ0n) is 18.0. The van der Waals surface area contributed by atoms with Gasteiger partial charge in [-0.25, -0.2) is 13.6 Å². The van der Waals surface area contributed by atoms with E-state index in [2.05, 4.69) is 4.74 Å². The Labute approximate surface area is 186 Å². The van der Waals surface area contributed by atoms with Gasteiger partial charge in [0, 0.05) is 20.8 Å². The van der Waals surface area contributed by atoms with Gasteiger partial charge < -0.3 is 33.5 Å². The van der Waals surface area contributed by atoms with Crippen LogP contribution in [0.25, 0.3) is 0 Å². The SMILES string of the molecule is COC(=O)[C@H]1O[C@@H](Oc2c(F)cc(CO)cc2F)[C@H](OC(C)=O)[C@@H](OC(C)=O)[C@@H]1OC(C)=O. The number of ether oxygens (including phenoxy) is 6. The minimum atomic E-state index is -1.92. The fourth-order valence-electron chi connectivity index (χ4n) is 3.11. The highest BCUT2D eigenvalue weighted by atomic mass is 19.1. The van der Waals surface area contributed by atoms with E-state index in [1.807, 2.05) is 0 Å². The molecule has 11 nitrogen and oxygen atoms in total. The fourth-order valence-corrected chi connectivity index (χ4v) is 3.11. The van der Waals surface area contributed by atoms with Crippen molar-refractivity contribution in [2.75, 3.05) is 7.11 Å². The molecule has 182 valence electrons. The van der Waals surface area contributed by atoms with Crippen molar-refractivity contribution < 1.29 is 61.5 Å². The number of carbonyl (C=O) groups excluding carboxylic acids is 4. The van der Waals surface area contributed by atoms with E-state index >= 15 is 0 Å². The number of rotatable bonds is 7. The van der Waals surface area contributed by atoms with Crippen LogP contribution in [0.3, 0.4) is 0 Å². The van der Waals surface area contributed by atoms with Gasteiger partial charge in [-0.2, -0.15) is 0 Å². The van der Waals surface area contributed by atoms with Crippen LogP contribution in [0.4, 0.5) is 8.78 Å². The molecular weight excluding hydrogens is 454 g/mol. The molecule has 0 aromatic heterocycles. The molecule has 1 aliphatic heterocycles. The topological polar surface area (TPSA) is 144 Å². The molecule has 0 radical (unpaired) electrons. The van der Waals surface area contributed by atoms with Gasteiger partial charge in [0.1, 0.15) is 0 Å². The fraction of sp³-hybridized carbons (Fsp3) is 0.500. The van der Waals surface area contributed by atoms with Crippen molar-refractivity contribution in [1.82, 2.24) is 0 Å². The lowest BCUT2D eigenvalue weighted by Gasteiger charge is -2.43. The predicted octanol–water partition coefficient (Wildman–Crippen LogP) is 0.529. The third-order valence-electron chi connectivity index (χ3n) is 4.31. The molecule has 1 N–H and O–H groups in total. The normalized spacial score (nSPS) is 24.4. The van der Waals surface area contributed by atoms with Gasteiger partial charge in [0.05, 0.1) is 13.7 Å². The van der Waals surface area contributed by atoms with Gasteiger partial charge in [-0.3, -0.25) is 14.4 Å². The Bertz CT molecular complexity index is 896. The van der Waals surface area contributed by atoms with Crippen molar-refractivity contribution in [3.8, 4) is 5.75 Å². The monoisotopic (exact) mass is 476 g/mol. The van der Waals surface area contributed by atoms with Crippen LogP contribution in [0.1, 0.15) is 26.3 Å². The molecule has 1 aromatic carbocycles. The summed E-state index contributed by atoms with van der Waals surface area (Å²) in [6.45, 7) is 2.30. The molecule has 1 fully saturated rings. The first kappa shape index (κ1) is 25.9. The molecule has 1 aliphatic rings. The number of hydrogen-bond donors (Lipinski definition) is 1. The second-order valence-corrected chi connectivity index (χ2v) is 6.83. The van der Waals surface area contributed by atoms with Crippen LogP contribution < -0.4 is 4.74 Å². The van der Waals surface area contributed by atoms with Gasteiger partial charge in [-0.1, -0.05) is 0 Å². The Kier molecular flexibility index (Phi) is 8.65. The average Bonchev–Trinajstić information content (AvgIpc) is 2.72. The van der Waals surface area contributed by atoms with Gasteiger partial charge in [-0.15, -0.1) is 0 Å². The van der Waals surface area contributed by atoms with Crippen LogP contribution in [-0.4, -0.2) is 66.8 Å². The molecule has 0 bridgehead atoms. The maximum Gasteiger partial charge on any atom is 0.339 e. The lowest BCUT2D eigenvalue weighted by atomic mass is 9.97. The smallest absolute Gasteiger partial charge is 0.339 e. The average molecular weight is 476 g/mol. The highest BCUT2D eigenvalue weighted by Crippen LogP contribution is 2.33. The number of hydrogen-bond acceptors (Lipinski definition) is 11. The molecule has 1 saturated heterocycles. The second-order valence-electron chi connectivity index (χ2n) is 6.83. The van der Waals surface area contributed by atoms with Crippen molar-refractivity contribution in [3.63, 3.8) is 0 Å². The summed E-state index contributed by atoms with van der Waals surface area (Å²) >= 11 is 0. The van der Waals surface area contributed by atoms with E-state index in [0.717, 1.165) is 40.0 Å². The van der Waals surface area contributed by atoms with E-state index in [-0.39, 0.29) is 5.56 Å². The lowest BCUT2D eigenvalue weighted by Crippen LogP contribution is -2.64. The summed E-state index contributed by atoms with van der Waals surface area (Å²) in [7, 11) is 0.984. The maximum atomic E-state index is 14.4. The van der Waals surface area contributed by atoms with Crippen LogP contribution in [-0.2, 0) is 49.5 Å². The van der Waals surface area contributed by atoms with Crippen LogP contribution in [0.2, 0.25) is 0 Å². The van der Waals surface area contributed by atoms with Crippen molar-refractivity contribution in [2.45, 2.75) is 58.1 Å². The summed E-state index contributed by atoms with van der Waals surface area (Å²) in [6.07, 6.45) is -8.77. The molecule has 13 heteroatoms. The molecule has 0 spiro atoms. The van der Waals surface area contributed by atoms with E-state index in [9.17, 15) is 28.0 Å². The molecular formula is C20H22F2O11. The minimum absolute atomic E-state index is 0.0985. The predicted molar refractivity (Wildman–Crippen MR) is 100 cm³/mol. The first-order valence-corrected chi connectivity index (χ1v) is 9.48. The Morgan fingerprint density at radius 3 is 1.85 bits per heavy atom. The summed E-state index contributed by atoms with van der Waals surface area (Å²) in [5.41, 5.74) is -0.0985. The molecule has 1 aromatic rings. The number of aliphatic hydroxyl groups is 1. The standard InChI is InChI=1S/C20H22F2O11/c1-8(24)29-15-16(30-9(2)25)18(31-10(3)26)20(33-17(15)19(27)28-4)32-14-12(21)5-11(7-23)6-13(14)22/h5-6,15-18,20,23H,7H2,1-4H3/t15-,16-,17-,18+,20+/m0/s1. The van der Waals surface area contributed by atoms with Crippen LogP contribution in [0.15, 0.2) is 12.1 Å². The van der Waals surface area contributed by atoms with Crippen molar-refractivity contribution in [1.29, 1.82) is 0 Å². The van der Waals surface area contributed by atoms with E-state index in [4.69, 9.17) is 28.8 Å². The minimum Gasteiger partial charge on any atom is -0.467 e. The Morgan fingerprint density at radius 1 is 0.909 bits per heavy atom. The van der Waals surface area contributed by atoms with Crippen molar-refractivity contribution >= 4 is 23.9 Å². The molecule has 1 heterocycles. The summed E-state index contributed by atoms with van der Waals surface area (Å²) in [6, 6.07) is 1.57. The zero-order chi connectivity index (χ0) is 24.9. The number of methoxy groups -OCH3 is 1. The maximum absolute atomic E-state index is 14.4. The number of benzene rings is 1. The first-order valence-electron chi connectivity index (χ1n) is 9.48. The van der Waals surface area contributed by atoms with Crippen LogP contribution in [0, 0.1) is 11.6 Å². The van der Waals surface area contributed by atoms with Gasteiger partial charge in [0.2, 0.25) is 12.4 Å². The molecule has 0 amide bonds. The Hall–Kier alpha value is -3.32. The molecule has 0 aliphatic carbocycles. The van der Waals surface area contributed by atoms with Crippen LogP contribution >= 0.6 is 0 Å². The largest absolute Gasteiger partial charge is 0.467 e. The summed E-state index contributed by atoms with van der Waals surface area (Å²) < 4.78 is 59.4. The Balaban J connectivity index is 2.57. The van der Waals surface area contributed by atoms with E-state index in [0.29, 0.717) is 0 Å². The summed E-state index contributed by atoms with van der Waals surface area (Å²) in [5.74, 6) is -7.37. The third-order valence-corrected chi connectivity index (χ3v) is 4.31. The molecule has 33 heavy (non-hydrogen) atoms. The summed E-state index contributed by atoms with van der Waals surface area (Å²) in [5, 5.41) is 9.09. The lowest BCUT2D eigenvalue weighted by molar-refractivity contribution is -0.283. The molecule has 2 rings (SSSR count). The van der Waals surface area contributed by atoms with Crippen molar-refractivity contribution in [2.24, 2.45) is 0 Å². The highest BCUT2D eigenvalue weighted by Gasteiger charge is 2.56. The molecule has 0 saturated carbocycles. The van der Waals surface area contributed by atoms with E-state index in [1.54, 1.807) is 0 Å². The first-order chi connectivity index (χ1) is 15.5. The van der Waals surface area contributed by atoms with E-state index < -0.39 is 78.6 Å². The quantitative estimate of drug-likeness (QED) is 0.435.